The maximum absolute atomic E-state index is 13.3. The van der Waals surface area contributed by atoms with Gasteiger partial charge in [-0.2, -0.15) is 17.5 Å². The monoisotopic (exact) mass is 482 g/mol. The first kappa shape index (κ1) is 23.6. The molecular weight excluding hydrogens is 457 g/mol. The van der Waals surface area contributed by atoms with Gasteiger partial charge < -0.3 is 4.90 Å². The van der Waals surface area contributed by atoms with Gasteiger partial charge in [0, 0.05) is 50.2 Å². The quantitative estimate of drug-likeness (QED) is 0.605. The molecule has 0 bridgehead atoms. The predicted octanol–water partition coefficient (Wildman–Crippen LogP) is 3.27. The predicted molar refractivity (Wildman–Crippen MR) is 113 cm³/mol. The minimum Gasteiger partial charge on any atom is -0.343 e. The summed E-state index contributed by atoms with van der Waals surface area (Å²) >= 11 is 0. The summed E-state index contributed by atoms with van der Waals surface area (Å²) in [6, 6.07) is 3.36. The summed E-state index contributed by atoms with van der Waals surface area (Å²) in [6.45, 7) is 0.816. The Bertz CT molecular complexity index is 1080. The van der Waals surface area contributed by atoms with E-state index >= 15 is 0 Å². The van der Waals surface area contributed by atoms with E-state index in [4.69, 9.17) is 0 Å². The van der Waals surface area contributed by atoms with Crippen LogP contribution >= 0.6 is 0 Å². The Morgan fingerprint density at radius 2 is 1.79 bits per heavy atom. The first-order chi connectivity index (χ1) is 15.7. The van der Waals surface area contributed by atoms with Crippen LogP contribution in [-0.2, 0) is 27.4 Å². The highest BCUT2D eigenvalue weighted by molar-refractivity contribution is 7.89. The van der Waals surface area contributed by atoms with E-state index in [9.17, 15) is 26.4 Å². The van der Waals surface area contributed by atoms with Crippen molar-refractivity contribution in [3.8, 4) is 0 Å². The van der Waals surface area contributed by atoms with Gasteiger partial charge in [0.2, 0.25) is 15.9 Å². The Labute approximate surface area is 190 Å². The highest BCUT2D eigenvalue weighted by atomic mass is 32.2. The Morgan fingerprint density at radius 1 is 1.09 bits per heavy atom. The van der Waals surface area contributed by atoms with Crippen molar-refractivity contribution in [2.75, 3.05) is 13.1 Å². The van der Waals surface area contributed by atoms with Gasteiger partial charge in [0.1, 0.15) is 0 Å². The zero-order valence-corrected chi connectivity index (χ0v) is 18.7. The summed E-state index contributed by atoms with van der Waals surface area (Å²) in [5.41, 5.74) is -0.254. The van der Waals surface area contributed by atoms with Crippen molar-refractivity contribution < 1.29 is 26.4 Å². The maximum atomic E-state index is 13.3. The summed E-state index contributed by atoms with van der Waals surface area (Å²) in [7, 11) is -4.09. The van der Waals surface area contributed by atoms with Gasteiger partial charge in [-0.1, -0.05) is 6.07 Å². The Balaban J connectivity index is 1.42. The molecular formula is C22H25F3N4O3S. The Morgan fingerprint density at radius 3 is 2.39 bits per heavy atom. The molecule has 33 heavy (non-hydrogen) atoms. The van der Waals surface area contributed by atoms with E-state index in [2.05, 4.69) is 9.97 Å². The molecule has 4 rings (SSSR count). The zero-order valence-electron chi connectivity index (χ0n) is 17.9. The molecule has 2 fully saturated rings. The molecule has 1 aromatic heterocycles. The van der Waals surface area contributed by atoms with E-state index < -0.39 is 21.8 Å². The SMILES string of the molecule is O=C(CCc1cnccn1)N1CCC(N(C2CC2)S(=O)(=O)c2cccc(C(F)(F)F)c2)CC1. The van der Waals surface area contributed by atoms with Crippen LogP contribution < -0.4 is 0 Å². The lowest BCUT2D eigenvalue weighted by atomic mass is 10.0. The average molecular weight is 483 g/mol. The molecule has 0 atom stereocenters. The Hall–Kier alpha value is -2.53. The molecule has 7 nitrogen and oxygen atoms in total. The lowest BCUT2D eigenvalue weighted by Gasteiger charge is -2.38. The van der Waals surface area contributed by atoms with E-state index in [-0.39, 0.29) is 29.3 Å². The molecule has 2 aromatic rings. The molecule has 2 heterocycles. The van der Waals surface area contributed by atoms with Crippen LogP contribution in [0.15, 0.2) is 47.8 Å². The van der Waals surface area contributed by atoms with Gasteiger partial charge in [-0.15, -0.1) is 0 Å². The second-order valence-electron chi connectivity index (χ2n) is 8.40. The summed E-state index contributed by atoms with van der Waals surface area (Å²) in [5.74, 6) is -0.0298. The molecule has 1 saturated carbocycles. The first-order valence-corrected chi connectivity index (χ1v) is 12.3. The van der Waals surface area contributed by atoms with Crippen LogP contribution in [0.2, 0.25) is 0 Å². The van der Waals surface area contributed by atoms with Crippen LogP contribution in [0.4, 0.5) is 13.2 Å². The Kier molecular flexibility index (Phi) is 6.71. The van der Waals surface area contributed by atoms with Crippen molar-refractivity contribution in [3.63, 3.8) is 0 Å². The van der Waals surface area contributed by atoms with Crippen LogP contribution in [0, 0.1) is 0 Å². The first-order valence-electron chi connectivity index (χ1n) is 10.9. The van der Waals surface area contributed by atoms with Gasteiger partial charge in [-0.25, -0.2) is 8.42 Å². The fourth-order valence-electron chi connectivity index (χ4n) is 4.20. The number of amides is 1. The van der Waals surface area contributed by atoms with Crippen LogP contribution in [0.3, 0.4) is 0 Å². The van der Waals surface area contributed by atoms with Crippen LogP contribution in [0.5, 0.6) is 0 Å². The normalized spacial score (nSPS) is 18.0. The van der Waals surface area contributed by atoms with E-state index in [0.29, 0.717) is 51.3 Å². The molecule has 1 aliphatic carbocycles. The van der Waals surface area contributed by atoms with Crippen molar-refractivity contribution in [1.29, 1.82) is 0 Å². The van der Waals surface area contributed by atoms with Gasteiger partial charge in [0.15, 0.2) is 0 Å². The topological polar surface area (TPSA) is 83.5 Å². The summed E-state index contributed by atoms with van der Waals surface area (Å²) in [5, 5.41) is 0. The van der Waals surface area contributed by atoms with Gasteiger partial charge in [-0.05, 0) is 50.3 Å². The molecule has 1 aromatic carbocycles. The third-order valence-electron chi connectivity index (χ3n) is 6.03. The summed E-state index contributed by atoms with van der Waals surface area (Å²) in [4.78, 5) is 22.1. The van der Waals surface area contributed by atoms with E-state index in [1.165, 1.54) is 10.4 Å². The average Bonchev–Trinajstić information content (AvgIpc) is 3.63. The van der Waals surface area contributed by atoms with Gasteiger partial charge in [-0.3, -0.25) is 14.8 Å². The molecule has 0 unspecified atom stereocenters. The second kappa shape index (κ2) is 9.38. The van der Waals surface area contributed by atoms with E-state index in [1.54, 1.807) is 23.5 Å². The fraction of sp³-hybridized carbons (Fsp3) is 0.500. The molecule has 1 aliphatic heterocycles. The van der Waals surface area contributed by atoms with Crippen molar-refractivity contribution in [2.45, 2.75) is 61.7 Å². The number of halogens is 3. The maximum Gasteiger partial charge on any atom is 0.416 e. The van der Waals surface area contributed by atoms with Gasteiger partial charge in [0.05, 0.1) is 16.2 Å². The molecule has 0 spiro atoms. The molecule has 0 radical (unpaired) electrons. The fourth-order valence-corrected chi connectivity index (χ4v) is 6.17. The molecule has 11 heteroatoms. The number of hydrogen-bond donors (Lipinski definition) is 0. The van der Waals surface area contributed by atoms with Gasteiger partial charge >= 0.3 is 6.18 Å². The smallest absolute Gasteiger partial charge is 0.343 e. The van der Waals surface area contributed by atoms with E-state index in [1.807, 2.05) is 0 Å². The third-order valence-corrected chi connectivity index (χ3v) is 8.03. The van der Waals surface area contributed by atoms with Gasteiger partial charge in [0.25, 0.3) is 0 Å². The number of carbonyl (C=O) groups is 1. The van der Waals surface area contributed by atoms with Crippen LogP contribution in [0.25, 0.3) is 0 Å². The van der Waals surface area contributed by atoms with Crippen molar-refractivity contribution >= 4 is 15.9 Å². The number of benzene rings is 1. The highest BCUT2D eigenvalue weighted by Gasteiger charge is 2.44. The summed E-state index contributed by atoms with van der Waals surface area (Å²) in [6.07, 6.45) is 3.18. The zero-order chi connectivity index (χ0) is 23.6. The number of alkyl halides is 3. The lowest BCUT2D eigenvalue weighted by Crippen LogP contribution is -2.49. The molecule has 1 amide bonds. The highest BCUT2D eigenvalue weighted by Crippen LogP contribution is 2.38. The minimum atomic E-state index is -4.62. The summed E-state index contributed by atoms with van der Waals surface area (Å²) < 4.78 is 67.4. The van der Waals surface area contributed by atoms with E-state index in [0.717, 1.165) is 17.8 Å². The number of carbonyl (C=O) groups excluding carboxylic acids is 1. The van der Waals surface area contributed by atoms with Crippen molar-refractivity contribution in [3.05, 3.63) is 54.1 Å². The third kappa shape index (κ3) is 5.52. The standard InChI is InChI=1S/C22H25F3N4O3S/c23-22(24,25)16-2-1-3-20(14-16)33(31,32)29(18-5-6-18)19-8-12-28(13-9-19)21(30)7-4-17-15-26-10-11-27-17/h1-3,10-11,14-15,18-19H,4-9,12-13H2. The molecule has 0 N–H and O–H groups in total. The molecule has 178 valence electrons. The number of aromatic nitrogens is 2. The molecule has 2 aliphatic rings. The number of piperidine rings is 1. The van der Waals surface area contributed by atoms with Crippen LogP contribution in [-0.4, -0.2) is 58.7 Å². The molecule has 1 saturated heterocycles. The number of likely N-dealkylation sites (tertiary alicyclic amines) is 1. The number of hydrogen-bond acceptors (Lipinski definition) is 5. The number of rotatable bonds is 7. The number of sulfonamides is 1. The van der Waals surface area contributed by atoms with Crippen molar-refractivity contribution in [1.82, 2.24) is 19.2 Å². The largest absolute Gasteiger partial charge is 0.416 e. The number of aryl methyl sites for hydroxylation is 1. The van der Waals surface area contributed by atoms with Crippen molar-refractivity contribution in [2.24, 2.45) is 0 Å². The minimum absolute atomic E-state index is 0.0298. The van der Waals surface area contributed by atoms with Crippen LogP contribution in [0.1, 0.15) is 43.4 Å². The lowest BCUT2D eigenvalue weighted by molar-refractivity contribution is -0.137. The number of nitrogens with zero attached hydrogens (tertiary/aromatic N) is 4. The second-order valence-corrected chi connectivity index (χ2v) is 10.2.